The van der Waals surface area contributed by atoms with E-state index in [2.05, 4.69) is 32.2 Å². The third-order valence-electron chi connectivity index (χ3n) is 5.01. The van der Waals surface area contributed by atoms with E-state index in [1.54, 1.807) is 35.3 Å². The van der Waals surface area contributed by atoms with Crippen LogP contribution in [0.15, 0.2) is 28.8 Å². The first-order valence-corrected chi connectivity index (χ1v) is 10.8. The molecule has 3 N–H and O–H groups in total. The summed E-state index contributed by atoms with van der Waals surface area (Å²) in [6.45, 7) is 6.57. The van der Waals surface area contributed by atoms with Crippen molar-refractivity contribution in [3.8, 4) is 0 Å². The van der Waals surface area contributed by atoms with Crippen LogP contribution in [0.1, 0.15) is 36.3 Å². The highest BCUT2D eigenvalue weighted by atomic mass is 127. The number of aliphatic imine (C=N–C) groups is 1. The minimum Gasteiger partial charge on any atom is -0.383 e. The molecule has 1 unspecified atom stereocenters. The van der Waals surface area contributed by atoms with Crippen LogP contribution in [0, 0.1) is 0 Å². The predicted molar refractivity (Wildman–Crippen MR) is 130 cm³/mol. The molecule has 3 heterocycles. The molecule has 0 saturated carbocycles. The van der Waals surface area contributed by atoms with Gasteiger partial charge in [0.2, 0.25) is 5.91 Å². The number of hydrogen-bond donors (Lipinski definition) is 3. The van der Waals surface area contributed by atoms with Gasteiger partial charge in [-0.15, -0.1) is 35.3 Å². The quantitative estimate of drug-likeness (QED) is 0.280. The summed E-state index contributed by atoms with van der Waals surface area (Å²) in [5.74, 6) is 0.732. The fraction of sp³-hybridized carbons (Fsp3) is 0.550. The smallest absolute Gasteiger partial charge is 0.224 e. The number of carbonyl (C=O) groups is 1. The molecule has 1 aliphatic heterocycles. The molecule has 0 fully saturated rings. The highest BCUT2D eigenvalue weighted by Crippen LogP contribution is 2.24. The van der Waals surface area contributed by atoms with Crippen LogP contribution in [0.3, 0.4) is 0 Å². The predicted octanol–water partition coefficient (Wildman–Crippen LogP) is 1.84. The molecular formula is C20H31IN6O2S. The number of aryl methyl sites for hydroxylation is 1. The molecule has 1 aliphatic rings. The summed E-state index contributed by atoms with van der Waals surface area (Å²) in [7, 11) is 1.81. The minimum atomic E-state index is -1.11. The number of guanidine groups is 1. The second-order valence-corrected chi connectivity index (χ2v) is 8.48. The number of hydrogen-bond acceptors (Lipinski definition) is 5. The topological polar surface area (TPSA) is 94.8 Å². The Kier molecular flexibility index (Phi) is 9.10. The van der Waals surface area contributed by atoms with Gasteiger partial charge in [-0.2, -0.15) is 5.10 Å². The summed E-state index contributed by atoms with van der Waals surface area (Å²) >= 11 is 1.77. The Morgan fingerprint density at radius 1 is 1.43 bits per heavy atom. The van der Waals surface area contributed by atoms with E-state index in [0.717, 1.165) is 13.0 Å². The number of rotatable bonds is 7. The average molecular weight is 546 g/mol. The van der Waals surface area contributed by atoms with Crippen molar-refractivity contribution in [3.05, 3.63) is 39.8 Å². The molecule has 0 spiro atoms. The minimum absolute atomic E-state index is 0. The third-order valence-corrected chi connectivity index (χ3v) is 6.03. The van der Waals surface area contributed by atoms with Crippen molar-refractivity contribution in [2.24, 2.45) is 12.0 Å². The number of fused-ring (bicyclic) bond motifs is 1. The zero-order valence-electron chi connectivity index (χ0n) is 17.7. The Labute approximate surface area is 198 Å². The van der Waals surface area contributed by atoms with Gasteiger partial charge in [0, 0.05) is 56.3 Å². The van der Waals surface area contributed by atoms with Gasteiger partial charge in [-0.25, -0.2) is 4.99 Å². The van der Waals surface area contributed by atoms with Gasteiger partial charge < -0.3 is 20.6 Å². The molecule has 3 rings (SSSR count). The summed E-state index contributed by atoms with van der Waals surface area (Å²) in [6.07, 6.45) is 4.78. The maximum atomic E-state index is 12.6. The molecule has 0 bridgehead atoms. The lowest BCUT2D eigenvalue weighted by atomic mass is 10.0. The fourth-order valence-electron chi connectivity index (χ4n) is 3.27. The van der Waals surface area contributed by atoms with E-state index in [1.165, 1.54) is 10.4 Å². The van der Waals surface area contributed by atoms with Gasteiger partial charge >= 0.3 is 0 Å². The number of halogens is 1. The van der Waals surface area contributed by atoms with E-state index in [9.17, 15) is 9.90 Å². The molecule has 0 aliphatic carbocycles. The molecule has 8 nitrogen and oxygen atoms in total. The van der Waals surface area contributed by atoms with Crippen LogP contribution in [0.25, 0.3) is 0 Å². The third kappa shape index (κ3) is 6.42. The lowest BCUT2D eigenvalue weighted by Crippen LogP contribution is -2.41. The van der Waals surface area contributed by atoms with Crippen molar-refractivity contribution in [2.45, 2.75) is 38.8 Å². The normalized spacial score (nSPS) is 15.7. The zero-order valence-corrected chi connectivity index (χ0v) is 20.9. The monoisotopic (exact) mass is 546 g/mol. The van der Waals surface area contributed by atoms with Gasteiger partial charge in [0.15, 0.2) is 5.96 Å². The lowest BCUT2D eigenvalue weighted by molar-refractivity contribution is -0.131. The zero-order chi connectivity index (χ0) is 20.9. The molecule has 30 heavy (non-hydrogen) atoms. The van der Waals surface area contributed by atoms with E-state index in [-0.39, 0.29) is 36.4 Å². The maximum absolute atomic E-state index is 12.6. The van der Waals surface area contributed by atoms with Crippen LogP contribution in [0.5, 0.6) is 0 Å². The molecule has 0 aromatic carbocycles. The Bertz CT molecular complexity index is 863. The van der Waals surface area contributed by atoms with Gasteiger partial charge in [0.05, 0.1) is 12.7 Å². The Morgan fingerprint density at radius 2 is 2.23 bits per heavy atom. The van der Waals surface area contributed by atoms with E-state index in [4.69, 9.17) is 0 Å². The number of thiophene rings is 1. The highest BCUT2D eigenvalue weighted by Gasteiger charge is 2.25. The van der Waals surface area contributed by atoms with E-state index >= 15 is 0 Å². The molecule has 10 heteroatoms. The number of carbonyl (C=O) groups excluding carboxylic acids is 1. The van der Waals surface area contributed by atoms with Gasteiger partial charge in [-0.3, -0.25) is 9.48 Å². The molecule has 2 aromatic rings. The summed E-state index contributed by atoms with van der Waals surface area (Å²) in [4.78, 5) is 20.4. The largest absolute Gasteiger partial charge is 0.383 e. The van der Waals surface area contributed by atoms with E-state index < -0.39 is 5.60 Å². The summed E-state index contributed by atoms with van der Waals surface area (Å²) in [6, 6.07) is 2.11. The van der Waals surface area contributed by atoms with Crippen molar-refractivity contribution < 1.29 is 9.90 Å². The van der Waals surface area contributed by atoms with Crippen LogP contribution in [-0.4, -0.2) is 57.8 Å². The van der Waals surface area contributed by atoms with Crippen LogP contribution in [0.2, 0.25) is 0 Å². The number of nitrogens with one attached hydrogen (secondary N) is 2. The lowest BCUT2D eigenvalue weighted by Gasteiger charge is -2.27. The number of aliphatic hydroxyl groups is 1. The molecule has 0 saturated heterocycles. The van der Waals surface area contributed by atoms with Gasteiger partial charge in [0.1, 0.15) is 5.60 Å². The van der Waals surface area contributed by atoms with E-state index in [0.29, 0.717) is 37.6 Å². The highest BCUT2D eigenvalue weighted by molar-refractivity contribution is 14.0. The molecular weight excluding hydrogens is 515 g/mol. The fourth-order valence-corrected chi connectivity index (χ4v) is 4.16. The first-order chi connectivity index (χ1) is 13.9. The van der Waals surface area contributed by atoms with Crippen LogP contribution in [0.4, 0.5) is 0 Å². The summed E-state index contributed by atoms with van der Waals surface area (Å²) in [5.41, 5.74) is 0.876. The Hall–Kier alpha value is -1.66. The molecule has 166 valence electrons. The maximum Gasteiger partial charge on any atom is 0.224 e. The van der Waals surface area contributed by atoms with Crippen LogP contribution >= 0.6 is 35.3 Å². The first kappa shape index (κ1) is 24.6. The van der Waals surface area contributed by atoms with Crippen molar-refractivity contribution in [2.75, 3.05) is 26.2 Å². The second kappa shape index (κ2) is 11.1. The average Bonchev–Trinajstić information content (AvgIpc) is 3.34. The van der Waals surface area contributed by atoms with Crippen molar-refractivity contribution in [1.29, 1.82) is 0 Å². The van der Waals surface area contributed by atoms with Crippen LogP contribution in [-0.2, 0) is 30.4 Å². The Morgan fingerprint density at radius 3 is 2.93 bits per heavy atom. The molecule has 1 amide bonds. The number of aromatic nitrogens is 2. The van der Waals surface area contributed by atoms with Crippen molar-refractivity contribution in [3.63, 3.8) is 0 Å². The number of nitrogens with zero attached hydrogens (tertiary/aromatic N) is 4. The first-order valence-electron chi connectivity index (χ1n) is 9.95. The van der Waals surface area contributed by atoms with Crippen LogP contribution < -0.4 is 10.6 Å². The van der Waals surface area contributed by atoms with Gasteiger partial charge in [-0.1, -0.05) is 0 Å². The SMILES string of the molecule is CCNC(=NCC(C)(O)c1cnn(C)c1)NCCC(=O)N1CCc2sccc2C1.I. The van der Waals surface area contributed by atoms with Crippen molar-refractivity contribution in [1.82, 2.24) is 25.3 Å². The van der Waals surface area contributed by atoms with Gasteiger partial charge in [0.25, 0.3) is 0 Å². The number of amides is 1. The summed E-state index contributed by atoms with van der Waals surface area (Å²) in [5, 5.41) is 23.2. The van der Waals surface area contributed by atoms with Gasteiger partial charge in [-0.05, 0) is 37.3 Å². The van der Waals surface area contributed by atoms with E-state index in [1.807, 2.05) is 18.9 Å². The molecule has 1 atom stereocenters. The van der Waals surface area contributed by atoms with Crippen molar-refractivity contribution >= 4 is 47.2 Å². The summed E-state index contributed by atoms with van der Waals surface area (Å²) < 4.78 is 1.65. The molecule has 0 radical (unpaired) electrons. The second-order valence-electron chi connectivity index (χ2n) is 7.48. The molecule has 2 aromatic heterocycles. The Balaban J connectivity index is 0.00000320. The standard InChI is InChI=1S/C20H30N6O2S.HI/c1-4-21-19(23-14-20(2,28)16-11-24-25(3)13-16)22-8-5-18(27)26-9-6-17-15(12-26)7-10-29-17;/h7,10-11,13,28H,4-6,8-9,12,14H2,1-3H3,(H2,21,22,23);1H.